The molecule has 0 unspecified atom stereocenters. The van der Waals surface area contributed by atoms with Crippen LogP contribution in [0.3, 0.4) is 0 Å². The van der Waals surface area contributed by atoms with Crippen molar-refractivity contribution in [3.8, 4) is 33.4 Å². The van der Waals surface area contributed by atoms with Crippen LogP contribution in [0.4, 0.5) is 0 Å². The monoisotopic (exact) mass is 753 g/mol. The molecule has 280 valence electrons. The number of benzene rings is 9. The SMILES string of the molecule is C=C/C=C\C(=C/Cc1ccc2c3ccccc3c3ccccc3c2c1)n1c2ccccc2c2cccc(-c3ccccc3-c3ccc4c(c3)C(C)(C)c3ccccc3-4)c21. The summed E-state index contributed by atoms with van der Waals surface area (Å²) in [5, 5.41) is 10.2. The van der Waals surface area contributed by atoms with E-state index >= 15 is 0 Å². The molecule has 0 aliphatic heterocycles. The highest BCUT2D eigenvalue weighted by Gasteiger charge is 2.35. The summed E-state index contributed by atoms with van der Waals surface area (Å²) < 4.78 is 2.48. The van der Waals surface area contributed by atoms with Crippen LogP contribution in [0.2, 0.25) is 0 Å². The molecule has 0 bridgehead atoms. The van der Waals surface area contributed by atoms with Crippen molar-refractivity contribution in [3.05, 3.63) is 223 Å². The van der Waals surface area contributed by atoms with Gasteiger partial charge in [0.25, 0.3) is 0 Å². The topological polar surface area (TPSA) is 4.93 Å². The van der Waals surface area contributed by atoms with Gasteiger partial charge in [-0.1, -0.05) is 202 Å². The van der Waals surface area contributed by atoms with E-state index in [1.807, 2.05) is 6.08 Å². The number of hydrogen-bond acceptors (Lipinski definition) is 0. The molecule has 0 atom stereocenters. The van der Waals surface area contributed by atoms with Gasteiger partial charge in [-0.05, 0) is 101 Å². The number of fused-ring (bicyclic) bond motifs is 12. The van der Waals surface area contributed by atoms with Crippen molar-refractivity contribution in [3.63, 3.8) is 0 Å². The molecule has 10 aromatic rings. The maximum atomic E-state index is 4.08. The lowest BCUT2D eigenvalue weighted by atomic mass is 9.81. The van der Waals surface area contributed by atoms with E-state index in [4.69, 9.17) is 0 Å². The van der Waals surface area contributed by atoms with E-state index in [0.29, 0.717) is 0 Å². The van der Waals surface area contributed by atoms with Gasteiger partial charge in [0.1, 0.15) is 0 Å². The third kappa shape index (κ3) is 5.46. The number of nitrogens with zero attached hydrogens (tertiary/aromatic N) is 1. The van der Waals surface area contributed by atoms with E-state index in [1.165, 1.54) is 104 Å². The normalized spacial score (nSPS) is 13.6. The van der Waals surface area contributed by atoms with Gasteiger partial charge < -0.3 is 4.57 Å². The Morgan fingerprint density at radius 3 is 1.81 bits per heavy atom. The number of allylic oxidation sites excluding steroid dienone is 5. The molecular weight excluding hydrogens is 711 g/mol. The van der Waals surface area contributed by atoms with Crippen molar-refractivity contribution in [1.82, 2.24) is 4.57 Å². The Balaban J connectivity index is 1.09. The minimum atomic E-state index is -0.0770. The first kappa shape index (κ1) is 35.0. The Bertz CT molecular complexity index is 3370. The highest BCUT2D eigenvalue weighted by molar-refractivity contribution is 6.25. The van der Waals surface area contributed by atoms with Gasteiger partial charge in [-0.3, -0.25) is 0 Å². The highest BCUT2D eigenvalue weighted by atomic mass is 15.0. The molecule has 0 saturated carbocycles. The molecule has 0 spiro atoms. The lowest BCUT2D eigenvalue weighted by Gasteiger charge is -2.22. The fourth-order valence-electron chi connectivity index (χ4n) is 10.1. The lowest BCUT2D eigenvalue weighted by Crippen LogP contribution is -2.14. The molecule has 0 saturated heterocycles. The molecule has 1 aliphatic rings. The standard InChI is InChI=1S/C58H43N/c1-4-5-17-40(33-30-38-31-34-47-45-22-9-8-20-43(45)44-21-10-11-23-46(44)53(47)36-38)59-56-29-15-13-25-50(56)52-27-16-26-51(57(52)59)42-19-7-6-18-41(42)39-32-35-49-48-24-12-14-28-54(48)58(2,3)55(49)37-39/h4-29,31-37H,1,30H2,2-3H3/b17-5-,40-33+. The molecule has 59 heavy (non-hydrogen) atoms. The van der Waals surface area contributed by atoms with Gasteiger partial charge in [-0.15, -0.1) is 0 Å². The Kier molecular flexibility index (Phi) is 8.13. The maximum Gasteiger partial charge on any atom is 0.0619 e. The van der Waals surface area contributed by atoms with E-state index in [2.05, 4.69) is 219 Å². The fourth-order valence-corrected chi connectivity index (χ4v) is 10.1. The number of hydrogen-bond donors (Lipinski definition) is 0. The molecule has 1 aromatic heterocycles. The van der Waals surface area contributed by atoms with Crippen molar-refractivity contribution in [1.29, 1.82) is 0 Å². The summed E-state index contributed by atoms with van der Waals surface area (Å²) in [5.41, 5.74) is 15.0. The van der Waals surface area contributed by atoms with Crippen LogP contribution in [0.15, 0.2) is 207 Å². The predicted molar refractivity (Wildman–Crippen MR) is 254 cm³/mol. The first-order chi connectivity index (χ1) is 29.0. The van der Waals surface area contributed by atoms with E-state index in [-0.39, 0.29) is 5.41 Å². The summed E-state index contributed by atoms with van der Waals surface area (Å²) in [4.78, 5) is 0. The third-order valence-corrected chi connectivity index (χ3v) is 12.8. The molecule has 0 N–H and O–H groups in total. The number of para-hydroxylation sites is 2. The van der Waals surface area contributed by atoms with Crippen LogP contribution in [0.5, 0.6) is 0 Å². The summed E-state index contributed by atoms with van der Waals surface area (Å²) in [7, 11) is 0. The van der Waals surface area contributed by atoms with Crippen molar-refractivity contribution in [2.24, 2.45) is 0 Å². The first-order valence-corrected chi connectivity index (χ1v) is 20.7. The average molecular weight is 754 g/mol. The predicted octanol–water partition coefficient (Wildman–Crippen LogP) is 15.7. The fraction of sp³-hybridized carbons (Fsp3) is 0.0690. The zero-order valence-electron chi connectivity index (χ0n) is 33.4. The molecular formula is C58H43N. The largest absolute Gasteiger partial charge is 0.309 e. The molecule has 0 radical (unpaired) electrons. The van der Waals surface area contributed by atoms with Crippen LogP contribution in [-0.4, -0.2) is 4.57 Å². The smallest absolute Gasteiger partial charge is 0.0619 e. The van der Waals surface area contributed by atoms with Crippen LogP contribution in [0.25, 0.3) is 93.2 Å². The molecule has 1 aliphatic carbocycles. The summed E-state index contributed by atoms with van der Waals surface area (Å²) in [6.45, 7) is 8.80. The van der Waals surface area contributed by atoms with Crippen LogP contribution in [0, 0.1) is 0 Å². The van der Waals surface area contributed by atoms with Gasteiger partial charge in [0.15, 0.2) is 0 Å². The molecule has 9 aromatic carbocycles. The van der Waals surface area contributed by atoms with Gasteiger partial charge in [-0.2, -0.15) is 0 Å². The molecule has 11 rings (SSSR count). The molecule has 1 heteroatoms. The van der Waals surface area contributed by atoms with Gasteiger partial charge >= 0.3 is 0 Å². The second-order valence-electron chi connectivity index (χ2n) is 16.4. The number of rotatable bonds is 7. The Labute approximate surface area is 345 Å². The summed E-state index contributed by atoms with van der Waals surface area (Å²) >= 11 is 0. The minimum Gasteiger partial charge on any atom is -0.309 e. The third-order valence-electron chi connectivity index (χ3n) is 12.8. The van der Waals surface area contributed by atoms with Crippen molar-refractivity contribution in [2.45, 2.75) is 25.7 Å². The van der Waals surface area contributed by atoms with E-state index in [9.17, 15) is 0 Å². The van der Waals surface area contributed by atoms with Gasteiger partial charge in [0, 0.05) is 27.4 Å². The van der Waals surface area contributed by atoms with Crippen LogP contribution in [0.1, 0.15) is 30.5 Å². The number of aromatic nitrogens is 1. The molecule has 1 heterocycles. The summed E-state index contributed by atoms with van der Waals surface area (Å²) in [6.07, 6.45) is 9.31. The van der Waals surface area contributed by atoms with E-state index in [1.54, 1.807) is 0 Å². The zero-order chi connectivity index (χ0) is 39.7. The maximum absolute atomic E-state index is 4.08. The van der Waals surface area contributed by atoms with Crippen LogP contribution >= 0.6 is 0 Å². The quantitative estimate of drug-likeness (QED) is 0.113. The first-order valence-electron chi connectivity index (χ1n) is 20.7. The van der Waals surface area contributed by atoms with Crippen molar-refractivity contribution >= 4 is 59.8 Å². The second kappa shape index (κ2) is 13.7. The molecule has 0 amide bonds. The van der Waals surface area contributed by atoms with Gasteiger partial charge in [0.05, 0.1) is 11.0 Å². The summed E-state index contributed by atoms with van der Waals surface area (Å²) in [6, 6.07) is 65.2. The van der Waals surface area contributed by atoms with Gasteiger partial charge in [0.2, 0.25) is 0 Å². The van der Waals surface area contributed by atoms with Crippen LogP contribution in [-0.2, 0) is 11.8 Å². The summed E-state index contributed by atoms with van der Waals surface area (Å²) in [5.74, 6) is 0. The highest BCUT2D eigenvalue weighted by Crippen LogP contribution is 2.50. The lowest BCUT2D eigenvalue weighted by molar-refractivity contribution is 0.660. The Hall–Kier alpha value is -7.22. The van der Waals surface area contributed by atoms with Crippen molar-refractivity contribution in [2.75, 3.05) is 0 Å². The van der Waals surface area contributed by atoms with E-state index in [0.717, 1.165) is 12.1 Å². The van der Waals surface area contributed by atoms with Crippen LogP contribution < -0.4 is 0 Å². The second-order valence-corrected chi connectivity index (χ2v) is 16.4. The Morgan fingerprint density at radius 2 is 1.07 bits per heavy atom. The Morgan fingerprint density at radius 1 is 0.492 bits per heavy atom. The van der Waals surface area contributed by atoms with E-state index < -0.39 is 0 Å². The molecule has 0 fully saturated rings. The van der Waals surface area contributed by atoms with Crippen molar-refractivity contribution < 1.29 is 0 Å². The zero-order valence-corrected chi connectivity index (χ0v) is 33.4. The average Bonchev–Trinajstić information content (AvgIpc) is 3.74. The minimum absolute atomic E-state index is 0.0770. The van der Waals surface area contributed by atoms with Gasteiger partial charge in [-0.25, -0.2) is 0 Å². The molecule has 1 nitrogen and oxygen atoms in total.